The molecule has 0 aliphatic carbocycles. The second-order valence-electron chi connectivity index (χ2n) is 4.88. The quantitative estimate of drug-likeness (QED) is 0.774. The first-order valence-corrected chi connectivity index (χ1v) is 7.45. The van der Waals surface area contributed by atoms with E-state index < -0.39 is 0 Å². The van der Waals surface area contributed by atoms with E-state index in [1.807, 2.05) is 48.3 Å². The van der Waals surface area contributed by atoms with Gasteiger partial charge in [-0.3, -0.25) is 4.68 Å². The van der Waals surface area contributed by atoms with Gasteiger partial charge in [0, 0.05) is 12.4 Å². The summed E-state index contributed by atoms with van der Waals surface area (Å²) in [4.78, 5) is 4.37. The van der Waals surface area contributed by atoms with Gasteiger partial charge in [-0.25, -0.2) is 4.98 Å². The molecular formula is C16H15BrN4. The Hall–Kier alpha value is -2.14. The highest BCUT2D eigenvalue weighted by atomic mass is 79.9. The average molecular weight is 343 g/mol. The number of hydrogen-bond acceptors (Lipinski definition) is 3. The molecule has 0 fully saturated rings. The van der Waals surface area contributed by atoms with Crippen molar-refractivity contribution >= 4 is 27.4 Å². The number of halogens is 1. The molecule has 5 heteroatoms. The molecule has 0 atom stereocenters. The summed E-state index contributed by atoms with van der Waals surface area (Å²) < 4.78 is 2.85. The molecule has 0 aliphatic heterocycles. The number of benzene rings is 1. The lowest BCUT2D eigenvalue weighted by atomic mass is 10.2. The molecule has 0 saturated heterocycles. The van der Waals surface area contributed by atoms with Crippen LogP contribution >= 0.6 is 15.9 Å². The smallest absolute Gasteiger partial charge is 0.144 e. The number of pyridine rings is 1. The van der Waals surface area contributed by atoms with Crippen molar-refractivity contribution in [1.29, 1.82) is 0 Å². The summed E-state index contributed by atoms with van der Waals surface area (Å²) in [5.74, 6) is 0.792. The summed E-state index contributed by atoms with van der Waals surface area (Å²) in [6, 6.07) is 12.3. The van der Waals surface area contributed by atoms with Gasteiger partial charge in [0.2, 0.25) is 0 Å². The van der Waals surface area contributed by atoms with Crippen molar-refractivity contribution in [2.24, 2.45) is 0 Å². The van der Waals surface area contributed by atoms with Crippen molar-refractivity contribution < 1.29 is 0 Å². The molecule has 2 heterocycles. The van der Waals surface area contributed by atoms with Gasteiger partial charge < -0.3 is 5.32 Å². The Kier molecular flexibility index (Phi) is 4.01. The van der Waals surface area contributed by atoms with E-state index in [9.17, 15) is 0 Å². The van der Waals surface area contributed by atoms with Crippen molar-refractivity contribution in [3.05, 3.63) is 70.6 Å². The summed E-state index contributed by atoms with van der Waals surface area (Å²) in [6.07, 6.45) is 5.61. The van der Waals surface area contributed by atoms with Crippen LogP contribution in [-0.4, -0.2) is 14.8 Å². The average Bonchev–Trinajstić information content (AvgIpc) is 2.90. The second-order valence-corrected chi connectivity index (χ2v) is 5.73. The summed E-state index contributed by atoms with van der Waals surface area (Å²) in [7, 11) is 0. The van der Waals surface area contributed by atoms with Crippen molar-refractivity contribution in [3.8, 4) is 0 Å². The third-order valence-corrected chi connectivity index (χ3v) is 3.67. The predicted octanol–water partition coefficient (Wildman–Crippen LogP) is 4.14. The van der Waals surface area contributed by atoms with Crippen LogP contribution in [0.5, 0.6) is 0 Å². The minimum absolute atomic E-state index is 0.755. The van der Waals surface area contributed by atoms with Crippen LogP contribution in [0.1, 0.15) is 11.1 Å². The van der Waals surface area contributed by atoms with Crippen molar-refractivity contribution in [2.45, 2.75) is 13.5 Å². The van der Waals surface area contributed by atoms with Crippen LogP contribution in [0.3, 0.4) is 0 Å². The van der Waals surface area contributed by atoms with Gasteiger partial charge in [-0.05, 0) is 40.0 Å². The highest BCUT2D eigenvalue weighted by Gasteiger charge is 2.04. The van der Waals surface area contributed by atoms with Crippen LogP contribution in [0.15, 0.2) is 59.5 Å². The molecule has 3 aromatic rings. The van der Waals surface area contributed by atoms with E-state index in [0.29, 0.717) is 0 Å². The van der Waals surface area contributed by atoms with Gasteiger partial charge in [-0.1, -0.05) is 30.3 Å². The zero-order chi connectivity index (χ0) is 14.7. The molecule has 1 N–H and O–H groups in total. The van der Waals surface area contributed by atoms with Gasteiger partial charge in [-0.15, -0.1) is 0 Å². The lowest BCUT2D eigenvalue weighted by Crippen LogP contribution is -1.99. The van der Waals surface area contributed by atoms with Gasteiger partial charge in [0.15, 0.2) is 0 Å². The molecule has 0 aliphatic rings. The van der Waals surface area contributed by atoms with E-state index in [-0.39, 0.29) is 0 Å². The van der Waals surface area contributed by atoms with Crippen molar-refractivity contribution in [3.63, 3.8) is 0 Å². The zero-order valence-corrected chi connectivity index (χ0v) is 13.2. The second kappa shape index (κ2) is 6.10. The van der Waals surface area contributed by atoms with E-state index in [2.05, 4.69) is 43.5 Å². The fourth-order valence-electron chi connectivity index (χ4n) is 2.05. The van der Waals surface area contributed by atoms with Gasteiger partial charge in [0.05, 0.1) is 22.9 Å². The van der Waals surface area contributed by atoms with E-state index in [0.717, 1.165) is 28.1 Å². The Bertz CT molecular complexity index is 737. The fourth-order valence-corrected chi connectivity index (χ4v) is 2.61. The minimum atomic E-state index is 0.755. The Morgan fingerprint density at radius 2 is 2.00 bits per heavy atom. The maximum Gasteiger partial charge on any atom is 0.144 e. The third kappa shape index (κ3) is 3.49. The largest absolute Gasteiger partial charge is 0.337 e. The Labute approximate surface area is 132 Å². The SMILES string of the molecule is Cc1cnc(Nc2cnn(Cc3ccccc3)c2)c(Br)c1. The Morgan fingerprint density at radius 1 is 1.19 bits per heavy atom. The summed E-state index contributed by atoms with van der Waals surface area (Å²) in [5.41, 5.74) is 3.26. The number of nitrogens with zero attached hydrogens (tertiary/aromatic N) is 3. The Balaban J connectivity index is 1.73. The van der Waals surface area contributed by atoms with E-state index in [1.165, 1.54) is 5.56 Å². The molecule has 0 bridgehead atoms. The monoisotopic (exact) mass is 342 g/mol. The molecule has 0 amide bonds. The lowest BCUT2D eigenvalue weighted by molar-refractivity contribution is 0.687. The summed E-state index contributed by atoms with van der Waals surface area (Å²) in [6.45, 7) is 2.77. The standard InChI is InChI=1S/C16H15BrN4/c1-12-7-15(17)16(18-8-12)20-14-9-19-21(11-14)10-13-5-3-2-4-6-13/h2-9,11H,10H2,1H3,(H,18,20). The van der Waals surface area contributed by atoms with Gasteiger partial charge in [0.25, 0.3) is 0 Å². The lowest BCUT2D eigenvalue weighted by Gasteiger charge is -2.05. The topological polar surface area (TPSA) is 42.7 Å². The van der Waals surface area contributed by atoms with Crippen LogP contribution in [0.2, 0.25) is 0 Å². The first kappa shape index (κ1) is 13.8. The number of nitrogens with one attached hydrogen (secondary N) is 1. The van der Waals surface area contributed by atoms with Gasteiger partial charge in [-0.2, -0.15) is 5.10 Å². The van der Waals surface area contributed by atoms with Crippen LogP contribution in [0, 0.1) is 6.92 Å². The number of aromatic nitrogens is 3. The van der Waals surface area contributed by atoms with Crippen molar-refractivity contribution in [1.82, 2.24) is 14.8 Å². The minimum Gasteiger partial charge on any atom is -0.337 e. The predicted molar refractivity (Wildman–Crippen MR) is 87.7 cm³/mol. The highest BCUT2D eigenvalue weighted by Crippen LogP contribution is 2.24. The molecular weight excluding hydrogens is 328 g/mol. The fraction of sp³-hybridized carbons (Fsp3) is 0.125. The first-order chi connectivity index (χ1) is 10.2. The maximum absolute atomic E-state index is 4.37. The molecule has 0 spiro atoms. The molecule has 0 radical (unpaired) electrons. The normalized spacial score (nSPS) is 10.6. The molecule has 0 saturated carbocycles. The molecule has 21 heavy (non-hydrogen) atoms. The first-order valence-electron chi connectivity index (χ1n) is 6.66. The number of anilines is 2. The zero-order valence-electron chi connectivity index (χ0n) is 11.6. The molecule has 0 unspecified atom stereocenters. The Morgan fingerprint density at radius 3 is 2.76 bits per heavy atom. The molecule has 3 rings (SSSR count). The molecule has 2 aromatic heterocycles. The van der Waals surface area contributed by atoms with E-state index in [1.54, 1.807) is 6.20 Å². The van der Waals surface area contributed by atoms with Crippen LogP contribution < -0.4 is 5.32 Å². The third-order valence-electron chi connectivity index (χ3n) is 3.06. The van der Waals surface area contributed by atoms with Crippen LogP contribution in [0.4, 0.5) is 11.5 Å². The van der Waals surface area contributed by atoms with E-state index >= 15 is 0 Å². The molecule has 106 valence electrons. The highest BCUT2D eigenvalue weighted by molar-refractivity contribution is 9.10. The van der Waals surface area contributed by atoms with Crippen LogP contribution in [0.25, 0.3) is 0 Å². The number of rotatable bonds is 4. The van der Waals surface area contributed by atoms with E-state index in [4.69, 9.17) is 0 Å². The van der Waals surface area contributed by atoms with Crippen LogP contribution in [-0.2, 0) is 6.54 Å². The summed E-state index contributed by atoms with van der Waals surface area (Å²) in [5, 5.41) is 7.63. The molecule has 4 nitrogen and oxygen atoms in total. The van der Waals surface area contributed by atoms with Gasteiger partial charge >= 0.3 is 0 Å². The maximum atomic E-state index is 4.37. The molecule has 1 aromatic carbocycles. The number of hydrogen-bond donors (Lipinski definition) is 1. The summed E-state index contributed by atoms with van der Waals surface area (Å²) >= 11 is 3.51. The number of aryl methyl sites for hydroxylation is 1. The van der Waals surface area contributed by atoms with Gasteiger partial charge in [0.1, 0.15) is 5.82 Å². The van der Waals surface area contributed by atoms with Crippen molar-refractivity contribution in [2.75, 3.05) is 5.32 Å².